The smallest absolute Gasteiger partial charge is 0.387 e. The molecule has 0 atom stereocenters. The van der Waals surface area contributed by atoms with E-state index in [0.717, 1.165) is 4.88 Å². The number of nitrogens with zero attached hydrogens (tertiary/aromatic N) is 5. The maximum Gasteiger partial charge on any atom is 0.437 e. The van der Waals surface area contributed by atoms with Crippen LogP contribution in [0.25, 0.3) is 10.8 Å². The number of amides is 1. The average molecular weight is 360 g/mol. The Kier molecular flexibility index (Phi) is 4.89. The molecule has 0 fully saturated rings. The maximum atomic E-state index is 12.1. The lowest BCUT2D eigenvalue weighted by atomic mass is 10.3. The molecule has 0 aliphatic heterocycles. The summed E-state index contributed by atoms with van der Waals surface area (Å²) in [5.41, 5.74) is 0.345. The Hall–Kier alpha value is -3.01. The fraction of sp³-hybridized carbons (Fsp3) is 0.267. The van der Waals surface area contributed by atoms with Gasteiger partial charge in [0.05, 0.1) is 17.0 Å². The Labute approximate surface area is 146 Å². The summed E-state index contributed by atoms with van der Waals surface area (Å²) >= 11 is 1.43. The highest BCUT2D eigenvalue weighted by Gasteiger charge is 2.12. The molecule has 0 unspecified atom stereocenters. The molecule has 1 N–H and O–H groups in total. The zero-order chi connectivity index (χ0) is 17.8. The van der Waals surface area contributed by atoms with Crippen LogP contribution in [0.3, 0.4) is 0 Å². The standard InChI is InChI=1S/C15H16N6O3S/c1-20(2)14-17-8-10(9-18-14)12(22)16-5-6-21-15(23)24-13(19-21)11-4-3-7-25-11/h3-4,7-9H,5-6H2,1-2H3,(H,16,22). The molecular weight excluding hydrogens is 344 g/mol. The van der Waals surface area contributed by atoms with Crippen molar-refractivity contribution in [3.8, 4) is 10.8 Å². The predicted octanol–water partition coefficient (Wildman–Crippen LogP) is 0.851. The lowest BCUT2D eigenvalue weighted by molar-refractivity contribution is 0.0951. The molecule has 9 nitrogen and oxygen atoms in total. The lowest BCUT2D eigenvalue weighted by Gasteiger charge is -2.09. The van der Waals surface area contributed by atoms with Crippen molar-refractivity contribution in [1.29, 1.82) is 0 Å². The van der Waals surface area contributed by atoms with E-state index in [2.05, 4.69) is 20.4 Å². The van der Waals surface area contributed by atoms with E-state index < -0.39 is 5.76 Å². The Morgan fingerprint density at radius 2 is 2.12 bits per heavy atom. The molecule has 0 saturated carbocycles. The topological polar surface area (TPSA) is 106 Å². The van der Waals surface area contributed by atoms with Crippen LogP contribution in [-0.4, -0.2) is 46.3 Å². The van der Waals surface area contributed by atoms with E-state index in [0.29, 0.717) is 11.5 Å². The first kappa shape index (κ1) is 16.8. The van der Waals surface area contributed by atoms with Crippen molar-refractivity contribution < 1.29 is 9.21 Å². The van der Waals surface area contributed by atoms with Gasteiger partial charge in [-0.3, -0.25) is 4.79 Å². The molecule has 0 bridgehead atoms. The van der Waals surface area contributed by atoms with Crippen molar-refractivity contribution in [2.75, 3.05) is 25.5 Å². The van der Waals surface area contributed by atoms with Crippen LogP contribution < -0.4 is 16.0 Å². The van der Waals surface area contributed by atoms with Crippen molar-refractivity contribution in [3.63, 3.8) is 0 Å². The van der Waals surface area contributed by atoms with Crippen molar-refractivity contribution in [1.82, 2.24) is 25.1 Å². The predicted molar refractivity (Wildman–Crippen MR) is 92.8 cm³/mol. The third-order valence-electron chi connectivity index (χ3n) is 3.25. The molecule has 10 heteroatoms. The van der Waals surface area contributed by atoms with Gasteiger partial charge in [-0.05, 0) is 11.4 Å². The quantitative estimate of drug-likeness (QED) is 0.694. The van der Waals surface area contributed by atoms with Crippen LogP contribution in [0.4, 0.5) is 5.95 Å². The highest BCUT2D eigenvalue weighted by Crippen LogP contribution is 2.20. The largest absolute Gasteiger partial charge is 0.437 e. The second-order valence-electron chi connectivity index (χ2n) is 5.30. The fourth-order valence-electron chi connectivity index (χ4n) is 1.99. The zero-order valence-corrected chi connectivity index (χ0v) is 14.5. The number of anilines is 1. The Morgan fingerprint density at radius 3 is 2.76 bits per heavy atom. The molecule has 0 aliphatic carbocycles. The third-order valence-corrected chi connectivity index (χ3v) is 4.11. The summed E-state index contributed by atoms with van der Waals surface area (Å²) in [6.07, 6.45) is 2.91. The fourth-order valence-corrected chi connectivity index (χ4v) is 2.64. The number of rotatable bonds is 6. The molecule has 0 aliphatic rings. The summed E-state index contributed by atoms with van der Waals surface area (Å²) in [5.74, 6) is -0.0811. The van der Waals surface area contributed by atoms with Crippen molar-refractivity contribution >= 4 is 23.2 Å². The second kappa shape index (κ2) is 7.26. The van der Waals surface area contributed by atoms with E-state index in [1.54, 1.807) is 4.90 Å². The van der Waals surface area contributed by atoms with Gasteiger partial charge in [-0.15, -0.1) is 16.4 Å². The SMILES string of the molecule is CN(C)c1ncc(C(=O)NCCn2nc(-c3cccs3)oc2=O)cn1. The van der Waals surface area contributed by atoms with Gasteiger partial charge in [0, 0.05) is 33.0 Å². The number of aromatic nitrogens is 4. The van der Waals surface area contributed by atoms with Crippen molar-refractivity contribution in [2.45, 2.75) is 6.54 Å². The van der Waals surface area contributed by atoms with Gasteiger partial charge in [0.15, 0.2) is 0 Å². The summed E-state index contributed by atoms with van der Waals surface area (Å²) in [7, 11) is 3.63. The molecule has 25 heavy (non-hydrogen) atoms. The Bertz CT molecular complexity index is 898. The van der Waals surface area contributed by atoms with Gasteiger partial charge in [-0.1, -0.05) is 6.07 Å². The minimum absolute atomic E-state index is 0.204. The molecule has 0 radical (unpaired) electrons. The van der Waals surface area contributed by atoms with E-state index >= 15 is 0 Å². The monoisotopic (exact) mass is 360 g/mol. The number of hydrogen-bond acceptors (Lipinski definition) is 8. The van der Waals surface area contributed by atoms with E-state index in [-0.39, 0.29) is 24.9 Å². The normalized spacial score (nSPS) is 10.6. The van der Waals surface area contributed by atoms with Gasteiger partial charge >= 0.3 is 5.76 Å². The molecule has 3 aromatic heterocycles. The molecule has 1 amide bonds. The number of hydrogen-bond donors (Lipinski definition) is 1. The van der Waals surface area contributed by atoms with Gasteiger partial charge < -0.3 is 14.6 Å². The van der Waals surface area contributed by atoms with Crippen LogP contribution in [0.2, 0.25) is 0 Å². The summed E-state index contributed by atoms with van der Waals surface area (Å²) in [4.78, 5) is 34.5. The third kappa shape index (κ3) is 3.91. The number of thiophene rings is 1. The Balaban J connectivity index is 1.57. The number of nitrogens with one attached hydrogen (secondary N) is 1. The molecule has 3 rings (SSSR count). The van der Waals surface area contributed by atoms with Crippen LogP contribution in [0.1, 0.15) is 10.4 Å². The highest BCUT2D eigenvalue weighted by atomic mass is 32.1. The average Bonchev–Trinajstić information content (AvgIpc) is 3.25. The van der Waals surface area contributed by atoms with E-state index in [1.807, 2.05) is 31.6 Å². The van der Waals surface area contributed by atoms with Crippen LogP contribution in [0, 0.1) is 0 Å². The summed E-state index contributed by atoms with van der Waals surface area (Å²) < 4.78 is 6.29. The highest BCUT2D eigenvalue weighted by molar-refractivity contribution is 7.13. The molecule has 0 saturated heterocycles. The first-order valence-corrected chi connectivity index (χ1v) is 8.32. The molecule has 3 heterocycles. The zero-order valence-electron chi connectivity index (χ0n) is 13.7. The maximum absolute atomic E-state index is 12.1. The molecule has 3 aromatic rings. The molecule has 0 aromatic carbocycles. The number of carbonyl (C=O) groups excluding carboxylic acids is 1. The summed E-state index contributed by atoms with van der Waals surface area (Å²) in [6.45, 7) is 0.431. The summed E-state index contributed by atoms with van der Waals surface area (Å²) in [6, 6.07) is 3.67. The summed E-state index contributed by atoms with van der Waals surface area (Å²) in [5, 5.41) is 8.69. The minimum Gasteiger partial charge on any atom is -0.387 e. The molecular formula is C15H16N6O3S. The lowest BCUT2D eigenvalue weighted by Crippen LogP contribution is -2.30. The first-order chi connectivity index (χ1) is 12.0. The van der Waals surface area contributed by atoms with Gasteiger partial charge in [0.1, 0.15) is 0 Å². The molecule has 130 valence electrons. The minimum atomic E-state index is -0.559. The van der Waals surface area contributed by atoms with Gasteiger partial charge in [-0.2, -0.15) is 4.68 Å². The first-order valence-electron chi connectivity index (χ1n) is 7.44. The molecule has 0 spiro atoms. The van der Waals surface area contributed by atoms with Crippen molar-refractivity contribution in [2.24, 2.45) is 0 Å². The van der Waals surface area contributed by atoms with Crippen LogP contribution in [0.5, 0.6) is 0 Å². The number of carbonyl (C=O) groups is 1. The van der Waals surface area contributed by atoms with Gasteiger partial charge in [0.2, 0.25) is 5.95 Å². The van der Waals surface area contributed by atoms with Crippen LogP contribution in [0.15, 0.2) is 39.1 Å². The van der Waals surface area contributed by atoms with E-state index in [4.69, 9.17) is 4.42 Å². The van der Waals surface area contributed by atoms with Gasteiger partial charge in [0.25, 0.3) is 11.8 Å². The van der Waals surface area contributed by atoms with E-state index in [9.17, 15) is 9.59 Å². The van der Waals surface area contributed by atoms with Crippen molar-refractivity contribution in [3.05, 3.63) is 46.0 Å². The second-order valence-corrected chi connectivity index (χ2v) is 6.24. The van der Waals surface area contributed by atoms with Gasteiger partial charge in [-0.25, -0.2) is 14.8 Å². The van der Waals surface area contributed by atoms with Crippen LogP contribution >= 0.6 is 11.3 Å². The Morgan fingerprint density at radius 1 is 1.36 bits per heavy atom. The van der Waals surface area contributed by atoms with Crippen LogP contribution in [-0.2, 0) is 6.54 Å². The van der Waals surface area contributed by atoms with E-state index in [1.165, 1.54) is 28.4 Å².